The van der Waals surface area contributed by atoms with Gasteiger partial charge in [0, 0.05) is 10.6 Å². The van der Waals surface area contributed by atoms with Crippen molar-refractivity contribution in [3.8, 4) is 0 Å². The van der Waals surface area contributed by atoms with Crippen LogP contribution in [0.2, 0.25) is 5.02 Å². The average Bonchev–Trinajstić information content (AvgIpc) is 3.01. The van der Waals surface area contributed by atoms with Gasteiger partial charge in [0.05, 0.1) is 23.7 Å². The second-order valence-electron chi connectivity index (χ2n) is 5.95. The van der Waals surface area contributed by atoms with Crippen molar-refractivity contribution in [2.75, 3.05) is 0 Å². The van der Waals surface area contributed by atoms with E-state index < -0.39 is 0 Å². The molecule has 0 atom stereocenters. The maximum atomic E-state index is 12.3. The van der Waals surface area contributed by atoms with E-state index in [9.17, 15) is 4.79 Å². The van der Waals surface area contributed by atoms with Gasteiger partial charge in [-0.2, -0.15) is 5.10 Å². The SMILES string of the molecule is Cc1nnc(Cc2nc3ccccc3[nH]c2=O)n1/N=C/c1ccccc1Cl. The lowest BCUT2D eigenvalue weighted by Gasteiger charge is -2.04. The summed E-state index contributed by atoms with van der Waals surface area (Å²) in [5.41, 5.74) is 2.29. The average molecular weight is 379 g/mol. The van der Waals surface area contributed by atoms with Gasteiger partial charge < -0.3 is 4.98 Å². The molecule has 2 aromatic heterocycles. The number of halogens is 1. The Bertz CT molecular complexity index is 1210. The molecule has 0 saturated carbocycles. The van der Waals surface area contributed by atoms with Gasteiger partial charge in [-0.05, 0) is 25.1 Å². The van der Waals surface area contributed by atoms with Crippen molar-refractivity contribution >= 4 is 28.8 Å². The topological polar surface area (TPSA) is 88.8 Å². The molecule has 0 bridgehead atoms. The molecule has 134 valence electrons. The van der Waals surface area contributed by atoms with Gasteiger partial charge in [0.25, 0.3) is 5.56 Å². The van der Waals surface area contributed by atoms with Crippen LogP contribution in [0.3, 0.4) is 0 Å². The number of rotatable bonds is 4. The largest absolute Gasteiger partial charge is 0.319 e. The summed E-state index contributed by atoms with van der Waals surface area (Å²) < 4.78 is 1.58. The van der Waals surface area contributed by atoms with E-state index in [1.54, 1.807) is 23.9 Å². The Balaban J connectivity index is 1.69. The molecule has 2 aromatic carbocycles. The fraction of sp³-hybridized carbons (Fsp3) is 0.105. The number of fused-ring (bicyclic) bond motifs is 1. The van der Waals surface area contributed by atoms with Crippen LogP contribution >= 0.6 is 11.6 Å². The molecular weight excluding hydrogens is 364 g/mol. The number of nitrogens with one attached hydrogen (secondary N) is 1. The summed E-state index contributed by atoms with van der Waals surface area (Å²) in [7, 11) is 0. The van der Waals surface area contributed by atoms with Crippen molar-refractivity contribution in [2.45, 2.75) is 13.3 Å². The maximum absolute atomic E-state index is 12.3. The standard InChI is InChI=1S/C19H15ClN6O/c1-12-24-25-18(26(12)21-11-13-6-2-3-7-14(13)20)10-17-19(27)23-16-9-5-4-8-15(16)22-17/h2-9,11H,10H2,1H3,(H,23,27)/b21-11+. The van der Waals surface area contributed by atoms with Crippen LogP contribution in [0.4, 0.5) is 0 Å². The van der Waals surface area contributed by atoms with Crippen LogP contribution < -0.4 is 5.56 Å². The minimum absolute atomic E-state index is 0.209. The van der Waals surface area contributed by atoms with Crippen LogP contribution in [-0.2, 0) is 6.42 Å². The zero-order valence-corrected chi connectivity index (χ0v) is 15.2. The molecule has 27 heavy (non-hydrogen) atoms. The highest BCUT2D eigenvalue weighted by atomic mass is 35.5. The summed E-state index contributed by atoms with van der Waals surface area (Å²) in [6.45, 7) is 1.79. The molecule has 0 aliphatic rings. The Morgan fingerprint density at radius 1 is 1.15 bits per heavy atom. The highest BCUT2D eigenvalue weighted by molar-refractivity contribution is 6.33. The van der Waals surface area contributed by atoms with Gasteiger partial charge in [-0.3, -0.25) is 4.79 Å². The van der Waals surface area contributed by atoms with Crippen LogP contribution in [0.5, 0.6) is 0 Å². The van der Waals surface area contributed by atoms with Gasteiger partial charge in [-0.15, -0.1) is 10.2 Å². The second-order valence-corrected chi connectivity index (χ2v) is 6.36. The minimum atomic E-state index is -0.254. The smallest absolute Gasteiger partial charge is 0.270 e. The number of hydrogen-bond donors (Lipinski definition) is 1. The van der Waals surface area contributed by atoms with E-state index >= 15 is 0 Å². The predicted octanol–water partition coefficient (Wildman–Crippen LogP) is 2.95. The van der Waals surface area contributed by atoms with Crippen molar-refractivity contribution in [2.24, 2.45) is 5.10 Å². The first-order valence-electron chi connectivity index (χ1n) is 8.29. The highest BCUT2D eigenvalue weighted by Crippen LogP contribution is 2.13. The molecule has 0 saturated heterocycles. The van der Waals surface area contributed by atoms with Crippen LogP contribution in [-0.4, -0.2) is 31.1 Å². The van der Waals surface area contributed by atoms with E-state index in [4.69, 9.17) is 11.6 Å². The van der Waals surface area contributed by atoms with Crippen molar-refractivity contribution in [3.63, 3.8) is 0 Å². The first-order chi connectivity index (χ1) is 13.1. The highest BCUT2D eigenvalue weighted by Gasteiger charge is 2.13. The molecule has 4 aromatic rings. The number of nitrogens with zero attached hydrogens (tertiary/aromatic N) is 5. The summed E-state index contributed by atoms with van der Waals surface area (Å²) in [5, 5.41) is 13.2. The van der Waals surface area contributed by atoms with Crippen molar-refractivity contribution in [1.29, 1.82) is 0 Å². The molecule has 0 aliphatic carbocycles. The van der Waals surface area contributed by atoms with E-state index in [0.29, 0.717) is 27.9 Å². The Morgan fingerprint density at radius 3 is 2.78 bits per heavy atom. The van der Waals surface area contributed by atoms with Gasteiger partial charge in [0.1, 0.15) is 5.69 Å². The molecular formula is C19H15ClN6O. The van der Waals surface area contributed by atoms with Gasteiger partial charge in [0.15, 0.2) is 11.6 Å². The number of para-hydroxylation sites is 2. The monoisotopic (exact) mass is 378 g/mol. The van der Waals surface area contributed by atoms with Crippen molar-refractivity contribution in [1.82, 2.24) is 24.8 Å². The van der Waals surface area contributed by atoms with Crippen molar-refractivity contribution < 1.29 is 0 Å². The molecule has 0 unspecified atom stereocenters. The molecule has 8 heteroatoms. The minimum Gasteiger partial charge on any atom is -0.319 e. The van der Waals surface area contributed by atoms with E-state index in [-0.39, 0.29) is 12.0 Å². The third kappa shape index (κ3) is 3.50. The van der Waals surface area contributed by atoms with Crippen molar-refractivity contribution in [3.05, 3.63) is 86.8 Å². The molecule has 2 heterocycles. The predicted molar refractivity (Wildman–Crippen MR) is 104 cm³/mol. The fourth-order valence-electron chi connectivity index (χ4n) is 2.70. The number of aryl methyl sites for hydroxylation is 1. The Morgan fingerprint density at radius 2 is 1.93 bits per heavy atom. The van der Waals surface area contributed by atoms with Crippen LogP contribution in [0, 0.1) is 6.92 Å². The summed E-state index contributed by atoms with van der Waals surface area (Å²) in [4.78, 5) is 19.6. The van der Waals surface area contributed by atoms with Gasteiger partial charge in [-0.1, -0.05) is 41.9 Å². The number of benzene rings is 2. The first-order valence-corrected chi connectivity index (χ1v) is 8.67. The number of aromatic amines is 1. The molecule has 1 N–H and O–H groups in total. The van der Waals surface area contributed by atoms with E-state index in [2.05, 4.69) is 25.3 Å². The number of H-pyrrole nitrogens is 1. The molecule has 7 nitrogen and oxygen atoms in total. The summed E-state index contributed by atoms with van der Waals surface area (Å²) in [6, 6.07) is 14.8. The lowest BCUT2D eigenvalue weighted by molar-refractivity contribution is 0.766. The number of aromatic nitrogens is 5. The molecule has 4 rings (SSSR count). The first kappa shape index (κ1) is 17.1. The molecule has 0 fully saturated rings. The zero-order valence-electron chi connectivity index (χ0n) is 14.4. The Kier molecular flexibility index (Phi) is 4.52. The summed E-state index contributed by atoms with van der Waals surface area (Å²) >= 11 is 6.16. The number of hydrogen-bond acceptors (Lipinski definition) is 5. The normalized spacial score (nSPS) is 11.5. The molecule has 0 amide bonds. The Labute approximate surface area is 159 Å². The van der Waals surface area contributed by atoms with Gasteiger partial charge in [0.2, 0.25) is 0 Å². The maximum Gasteiger partial charge on any atom is 0.270 e. The molecule has 0 radical (unpaired) electrons. The molecule has 0 spiro atoms. The van der Waals surface area contributed by atoms with Crippen LogP contribution in [0.1, 0.15) is 22.9 Å². The van der Waals surface area contributed by atoms with E-state index in [0.717, 1.165) is 11.1 Å². The van der Waals surface area contributed by atoms with Gasteiger partial charge in [-0.25, -0.2) is 9.66 Å². The lowest BCUT2D eigenvalue weighted by Crippen LogP contribution is -2.17. The zero-order chi connectivity index (χ0) is 18.8. The van der Waals surface area contributed by atoms with E-state index in [1.165, 1.54) is 0 Å². The Hall–Kier alpha value is -3.32. The summed E-state index contributed by atoms with van der Waals surface area (Å²) in [6.07, 6.45) is 1.85. The third-order valence-electron chi connectivity index (χ3n) is 4.07. The van der Waals surface area contributed by atoms with Crippen LogP contribution in [0.25, 0.3) is 11.0 Å². The lowest BCUT2D eigenvalue weighted by atomic mass is 10.2. The third-order valence-corrected chi connectivity index (χ3v) is 4.42. The quantitative estimate of drug-likeness (QED) is 0.553. The fourth-order valence-corrected chi connectivity index (χ4v) is 2.88. The second kappa shape index (κ2) is 7.13. The van der Waals surface area contributed by atoms with Gasteiger partial charge >= 0.3 is 0 Å². The van der Waals surface area contributed by atoms with Crippen LogP contribution in [0.15, 0.2) is 58.4 Å². The molecule has 0 aliphatic heterocycles. The summed E-state index contributed by atoms with van der Waals surface area (Å²) in [5.74, 6) is 1.12. The van der Waals surface area contributed by atoms with E-state index in [1.807, 2.05) is 42.5 Å².